The molecule has 1 aromatic rings. The average Bonchev–Trinajstić information content (AvgIpc) is 2.22. The molecule has 0 saturated heterocycles. The van der Waals surface area contributed by atoms with Crippen LogP contribution in [0.1, 0.15) is 12.5 Å². The van der Waals surface area contributed by atoms with Gasteiger partial charge in [0.1, 0.15) is 11.5 Å². The molecule has 1 aromatic carbocycles. The molecule has 5 heteroatoms. The van der Waals surface area contributed by atoms with Gasteiger partial charge in [-0.1, -0.05) is 6.07 Å². The van der Waals surface area contributed by atoms with Crippen molar-refractivity contribution in [1.29, 1.82) is 0 Å². The van der Waals surface area contributed by atoms with Gasteiger partial charge in [0.05, 0.1) is 0 Å². The second kappa shape index (κ2) is 5.44. The van der Waals surface area contributed by atoms with E-state index < -0.39 is 11.6 Å². The second-order valence-electron chi connectivity index (χ2n) is 3.46. The number of rotatable bonds is 4. The fraction of sp³-hybridized carbons (Fsp3) is 0.364. The number of aryl methyl sites for hydroxylation is 1. The standard InChI is InChI=1S/C11H14F2N2O/c1-7-3-4-9(12)11(10(7)13)15-6-5-14-8(2)16/h3-4,15H,5-6H2,1-2H3,(H,14,16). The van der Waals surface area contributed by atoms with Crippen LogP contribution in [-0.4, -0.2) is 19.0 Å². The summed E-state index contributed by atoms with van der Waals surface area (Å²) >= 11 is 0. The average molecular weight is 228 g/mol. The molecule has 0 saturated carbocycles. The SMILES string of the molecule is CC(=O)NCCNc1c(F)ccc(C)c1F. The highest BCUT2D eigenvalue weighted by atomic mass is 19.1. The topological polar surface area (TPSA) is 41.1 Å². The van der Waals surface area contributed by atoms with Crippen molar-refractivity contribution in [2.75, 3.05) is 18.4 Å². The lowest BCUT2D eigenvalue weighted by atomic mass is 10.2. The van der Waals surface area contributed by atoms with Gasteiger partial charge in [0.15, 0.2) is 5.82 Å². The largest absolute Gasteiger partial charge is 0.379 e. The van der Waals surface area contributed by atoms with Gasteiger partial charge in [-0.15, -0.1) is 0 Å². The molecule has 0 aliphatic rings. The van der Waals surface area contributed by atoms with Crippen LogP contribution in [-0.2, 0) is 4.79 Å². The van der Waals surface area contributed by atoms with Gasteiger partial charge >= 0.3 is 0 Å². The lowest BCUT2D eigenvalue weighted by Gasteiger charge is -2.10. The monoisotopic (exact) mass is 228 g/mol. The summed E-state index contributed by atoms with van der Waals surface area (Å²) in [6, 6.07) is 2.59. The molecule has 16 heavy (non-hydrogen) atoms. The minimum Gasteiger partial charge on any atom is -0.379 e. The molecular formula is C11H14F2N2O. The summed E-state index contributed by atoms with van der Waals surface area (Å²) in [5.41, 5.74) is 0.230. The van der Waals surface area contributed by atoms with Crippen molar-refractivity contribution in [2.24, 2.45) is 0 Å². The third-order valence-corrected chi connectivity index (χ3v) is 2.08. The van der Waals surface area contributed by atoms with E-state index in [0.29, 0.717) is 12.1 Å². The molecule has 1 rings (SSSR count). The molecule has 0 spiro atoms. The van der Waals surface area contributed by atoms with E-state index in [1.807, 2.05) is 0 Å². The Bertz CT molecular complexity index is 394. The number of benzene rings is 1. The van der Waals surface area contributed by atoms with E-state index in [4.69, 9.17) is 0 Å². The minimum absolute atomic E-state index is 0.148. The van der Waals surface area contributed by atoms with E-state index in [2.05, 4.69) is 10.6 Å². The van der Waals surface area contributed by atoms with Gasteiger partial charge in [-0.25, -0.2) is 8.78 Å². The molecule has 0 aliphatic heterocycles. The van der Waals surface area contributed by atoms with E-state index in [-0.39, 0.29) is 18.1 Å². The van der Waals surface area contributed by atoms with Crippen LogP contribution in [0, 0.1) is 18.6 Å². The number of amides is 1. The number of carbonyl (C=O) groups excluding carboxylic acids is 1. The maximum Gasteiger partial charge on any atom is 0.216 e. The van der Waals surface area contributed by atoms with Gasteiger partial charge in [0, 0.05) is 20.0 Å². The first kappa shape index (κ1) is 12.4. The van der Waals surface area contributed by atoms with Crippen molar-refractivity contribution >= 4 is 11.6 Å². The van der Waals surface area contributed by atoms with Crippen LogP contribution >= 0.6 is 0 Å². The Morgan fingerprint density at radius 2 is 2.00 bits per heavy atom. The first-order valence-electron chi connectivity index (χ1n) is 4.95. The van der Waals surface area contributed by atoms with E-state index in [0.717, 1.165) is 0 Å². The third-order valence-electron chi connectivity index (χ3n) is 2.08. The summed E-state index contributed by atoms with van der Waals surface area (Å²) in [6.45, 7) is 3.54. The molecule has 0 aliphatic carbocycles. The zero-order valence-electron chi connectivity index (χ0n) is 9.23. The number of halogens is 2. The summed E-state index contributed by atoms with van der Waals surface area (Å²) in [6.07, 6.45) is 0. The van der Waals surface area contributed by atoms with Crippen LogP contribution in [0.2, 0.25) is 0 Å². The van der Waals surface area contributed by atoms with Crippen LogP contribution in [0.4, 0.5) is 14.5 Å². The Hall–Kier alpha value is -1.65. The molecule has 0 heterocycles. The third kappa shape index (κ3) is 3.18. The Morgan fingerprint density at radius 1 is 1.31 bits per heavy atom. The van der Waals surface area contributed by atoms with Crippen LogP contribution in [0.25, 0.3) is 0 Å². The van der Waals surface area contributed by atoms with E-state index in [1.165, 1.54) is 19.1 Å². The first-order valence-corrected chi connectivity index (χ1v) is 4.95. The molecule has 88 valence electrons. The highest BCUT2D eigenvalue weighted by Gasteiger charge is 2.10. The maximum atomic E-state index is 13.5. The summed E-state index contributed by atoms with van der Waals surface area (Å²) in [5, 5.41) is 5.14. The maximum absolute atomic E-state index is 13.5. The van der Waals surface area contributed by atoms with Crippen LogP contribution in [0.3, 0.4) is 0 Å². The van der Waals surface area contributed by atoms with E-state index in [9.17, 15) is 13.6 Å². The van der Waals surface area contributed by atoms with Crippen molar-refractivity contribution in [2.45, 2.75) is 13.8 Å². The summed E-state index contributed by atoms with van der Waals surface area (Å²) in [7, 11) is 0. The predicted molar refractivity (Wildman–Crippen MR) is 58.3 cm³/mol. The zero-order valence-corrected chi connectivity index (χ0v) is 9.23. The van der Waals surface area contributed by atoms with Gasteiger partial charge in [0.25, 0.3) is 0 Å². The molecule has 3 nitrogen and oxygen atoms in total. The highest BCUT2D eigenvalue weighted by molar-refractivity contribution is 5.72. The van der Waals surface area contributed by atoms with Crippen LogP contribution < -0.4 is 10.6 Å². The Morgan fingerprint density at radius 3 is 2.62 bits per heavy atom. The van der Waals surface area contributed by atoms with E-state index in [1.54, 1.807) is 6.92 Å². The van der Waals surface area contributed by atoms with Crippen molar-refractivity contribution in [1.82, 2.24) is 5.32 Å². The van der Waals surface area contributed by atoms with E-state index >= 15 is 0 Å². The Labute approximate surface area is 92.8 Å². The molecule has 0 bridgehead atoms. The smallest absolute Gasteiger partial charge is 0.216 e. The van der Waals surface area contributed by atoms with Gasteiger partial charge < -0.3 is 10.6 Å². The van der Waals surface area contributed by atoms with Gasteiger partial charge in [-0.05, 0) is 18.6 Å². The highest BCUT2D eigenvalue weighted by Crippen LogP contribution is 2.20. The minimum atomic E-state index is -0.633. The van der Waals surface area contributed by atoms with Gasteiger partial charge in [-0.3, -0.25) is 4.79 Å². The first-order chi connectivity index (χ1) is 7.52. The summed E-state index contributed by atoms with van der Waals surface area (Å²) in [5.74, 6) is -1.40. The fourth-order valence-electron chi connectivity index (χ4n) is 1.24. The lowest BCUT2D eigenvalue weighted by molar-refractivity contribution is -0.118. The summed E-state index contributed by atoms with van der Waals surface area (Å²) < 4.78 is 26.7. The van der Waals surface area contributed by atoms with Crippen LogP contribution in [0.5, 0.6) is 0 Å². The predicted octanol–water partition coefficient (Wildman–Crippen LogP) is 1.82. The second-order valence-corrected chi connectivity index (χ2v) is 3.46. The van der Waals surface area contributed by atoms with Crippen molar-refractivity contribution < 1.29 is 13.6 Å². The van der Waals surface area contributed by atoms with Crippen LogP contribution in [0.15, 0.2) is 12.1 Å². The molecule has 0 aromatic heterocycles. The van der Waals surface area contributed by atoms with Crippen molar-refractivity contribution in [3.8, 4) is 0 Å². The molecular weight excluding hydrogens is 214 g/mol. The van der Waals surface area contributed by atoms with Gasteiger partial charge in [0.2, 0.25) is 5.91 Å². The molecule has 2 N–H and O–H groups in total. The normalized spacial score (nSPS) is 10.0. The number of carbonyl (C=O) groups is 1. The number of anilines is 1. The zero-order chi connectivity index (χ0) is 12.1. The van der Waals surface area contributed by atoms with Gasteiger partial charge in [-0.2, -0.15) is 0 Å². The molecule has 0 fully saturated rings. The molecule has 0 unspecified atom stereocenters. The molecule has 1 amide bonds. The lowest BCUT2D eigenvalue weighted by Crippen LogP contribution is -2.26. The molecule has 0 atom stereocenters. The summed E-state index contributed by atoms with van der Waals surface area (Å²) in [4.78, 5) is 10.6. The Balaban J connectivity index is 2.60. The van der Waals surface area contributed by atoms with Crippen molar-refractivity contribution in [3.63, 3.8) is 0 Å². The quantitative estimate of drug-likeness (QED) is 0.772. The number of hydrogen-bond acceptors (Lipinski definition) is 2. The fourth-order valence-corrected chi connectivity index (χ4v) is 1.24. The number of nitrogens with one attached hydrogen (secondary N) is 2. The van der Waals surface area contributed by atoms with Crippen molar-refractivity contribution in [3.05, 3.63) is 29.3 Å². The Kier molecular flexibility index (Phi) is 4.22. The number of hydrogen-bond donors (Lipinski definition) is 2. The molecule has 0 radical (unpaired) electrons.